The van der Waals surface area contributed by atoms with Gasteiger partial charge in [-0.05, 0) is 31.9 Å². The Morgan fingerprint density at radius 3 is 2.74 bits per heavy atom. The normalized spacial score (nSPS) is 12.0. The van der Waals surface area contributed by atoms with Gasteiger partial charge in [0.2, 0.25) is 0 Å². The van der Waals surface area contributed by atoms with Crippen LogP contribution in [0.2, 0.25) is 5.02 Å². The number of nitrogens with one attached hydrogen (secondary N) is 2. The maximum Gasteiger partial charge on any atom is 0.271 e. The number of rotatable bonds is 7. The molecule has 0 saturated heterocycles. The summed E-state index contributed by atoms with van der Waals surface area (Å²) in [5, 5.41) is 6.43. The first-order chi connectivity index (χ1) is 9.08. The van der Waals surface area contributed by atoms with Crippen molar-refractivity contribution in [2.75, 3.05) is 11.9 Å². The Bertz CT molecular complexity index is 423. The van der Waals surface area contributed by atoms with Gasteiger partial charge in [-0.1, -0.05) is 31.9 Å². The molecular weight excluding hydrogens is 262 g/mol. The molecule has 1 aromatic heterocycles. The first kappa shape index (κ1) is 15.8. The van der Waals surface area contributed by atoms with Gasteiger partial charge in [0.15, 0.2) is 0 Å². The lowest BCUT2D eigenvalue weighted by atomic mass is 10.2. The molecule has 0 aliphatic heterocycles. The molecule has 1 heterocycles. The van der Waals surface area contributed by atoms with E-state index in [0.717, 1.165) is 25.8 Å². The highest BCUT2D eigenvalue weighted by Crippen LogP contribution is 2.17. The summed E-state index contributed by atoms with van der Waals surface area (Å²) in [6, 6.07) is 3.61. The number of nitrogens with zero attached hydrogens (tertiary/aromatic N) is 1. The van der Waals surface area contributed by atoms with Crippen molar-refractivity contribution in [2.24, 2.45) is 0 Å². The fourth-order valence-corrected chi connectivity index (χ4v) is 1.94. The molecule has 1 amide bonds. The largest absolute Gasteiger partial charge is 0.370 e. The smallest absolute Gasteiger partial charge is 0.271 e. The van der Waals surface area contributed by atoms with Crippen LogP contribution >= 0.6 is 11.6 Å². The van der Waals surface area contributed by atoms with Crippen LogP contribution in [0.15, 0.2) is 12.1 Å². The summed E-state index contributed by atoms with van der Waals surface area (Å²) in [6.07, 6.45) is 2.97. The number of anilines is 1. The zero-order chi connectivity index (χ0) is 14.3. The van der Waals surface area contributed by atoms with Crippen molar-refractivity contribution in [3.05, 3.63) is 22.8 Å². The molecule has 2 N–H and O–H groups in total. The molecule has 0 fully saturated rings. The zero-order valence-electron chi connectivity index (χ0n) is 11.8. The van der Waals surface area contributed by atoms with Gasteiger partial charge < -0.3 is 10.6 Å². The highest BCUT2D eigenvalue weighted by atomic mass is 35.5. The summed E-state index contributed by atoms with van der Waals surface area (Å²) in [7, 11) is 0. The van der Waals surface area contributed by atoms with Crippen LogP contribution in [-0.4, -0.2) is 23.5 Å². The Morgan fingerprint density at radius 1 is 1.37 bits per heavy atom. The maximum atomic E-state index is 12.1. The molecule has 0 saturated carbocycles. The summed E-state index contributed by atoms with van der Waals surface area (Å²) in [5.74, 6) is 0.464. The molecule has 0 aliphatic carbocycles. The molecule has 1 rings (SSSR count). The van der Waals surface area contributed by atoms with E-state index in [1.165, 1.54) is 0 Å². The van der Waals surface area contributed by atoms with E-state index >= 15 is 0 Å². The monoisotopic (exact) mass is 283 g/mol. The third-order valence-corrected chi connectivity index (χ3v) is 3.02. The number of halogens is 1. The lowest BCUT2D eigenvalue weighted by molar-refractivity contribution is 0.0933. The van der Waals surface area contributed by atoms with Gasteiger partial charge in [0.1, 0.15) is 11.5 Å². The quantitative estimate of drug-likeness (QED) is 0.805. The number of pyridine rings is 1. The van der Waals surface area contributed by atoms with E-state index < -0.39 is 0 Å². The molecule has 1 aromatic rings. The van der Waals surface area contributed by atoms with Gasteiger partial charge in [0.05, 0.1) is 5.02 Å². The van der Waals surface area contributed by atoms with Crippen LogP contribution in [0, 0.1) is 0 Å². The zero-order valence-corrected chi connectivity index (χ0v) is 12.5. The molecule has 5 heteroatoms. The van der Waals surface area contributed by atoms with Crippen molar-refractivity contribution in [1.82, 2.24) is 10.3 Å². The predicted molar refractivity (Wildman–Crippen MR) is 79.9 cm³/mol. The average Bonchev–Trinajstić information content (AvgIpc) is 2.37. The number of amides is 1. The third kappa shape index (κ3) is 5.07. The number of hydrogen-bond donors (Lipinski definition) is 2. The molecule has 19 heavy (non-hydrogen) atoms. The summed E-state index contributed by atoms with van der Waals surface area (Å²) in [4.78, 5) is 16.4. The van der Waals surface area contributed by atoms with Crippen LogP contribution in [0.3, 0.4) is 0 Å². The van der Waals surface area contributed by atoms with Crippen molar-refractivity contribution in [2.45, 2.75) is 46.1 Å². The molecule has 0 spiro atoms. The van der Waals surface area contributed by atoms with Crippen molar-refractivity contribution in [3.63, 3.8) is 0 Å². The predicted octanol–water partition coefficient (Wildman–Crippen LogP) is 3.48. The van der Waals surface area contributed by atoms with Crippen LogP contribution < -0.4 is 10.6 Å². The van der Waals surface area contributed by atoms with Crippen LogP contribution in [0.5, 0.6) is 0 Å². The van der Waals surface area contributed by atoms with Crippen molar-refractivity contribution in [1.29, 1.82) is 0 Å². The molecule has 106 valence electrons. The van der Waals surface area contributed by atoms with E-state index in [4.69, 9.17) is 11.6 Å². The number of carbonyl (C=O) groups excluding carboxylic acids is 1. The van der Waals surface area contributed by atoms with E-state index in [1.807, 2.05) is 6.92 Å². The molecule has 0 bridgehead atoms. The fourth-order valence-electron chi connectivity index (χ4n) is 1.75. The highest BCUT2D eigenvalue weighted by Gasteiger charge is 2.15. The van der Waals surface area contributed by atoms with E-state index in [2.05, 4.69) is 29.5 Å². The Morgan fingerprint density at radius 2 is 2.11 bits per heavy atom. The molecule has 0 aromatic carbocycles. The molecule has 1 atom stereocenters. The number of aromatic nitrogens is 1. The minimum Gasteiger partial charge on any atom is -0.370 e. The molecule has 0 radical (unpaired) electrons. The summed E-state index contributed by atoms with van der Waals surface area (Å²) in [6.45, 7) is 6.96. The van der Waals surface area contributed by atoms with E-state index in [9.17, 15) is 4.79 Å². The van der Waals surface area contributed by atoms with Gasteiger partial charge >= 0.3 is 0 Å². The molecule has 0 aliphatic rings. The van der Waals surface area contributed by atoms with Crippen LogP contribution in [0.4, 0.5) is 5.82 Å². The lowest BCUT2D eigenvalue weighted by Gasteiger charge is -2.13. The maximum absolute atomic E-state index is 12.1. The van der Waals surface area contributed by atoms with Crippen molar-refractivity contribution in [3.8, 4) is 0 Å². The molecule has 1 unspecified atom stereocenters. The van der Waals surface area contributed by atoms with Crippen LogP contribution in [0.25, 0.3) is 0 Å². The minimum absolute atomic E-state index is 0.127. The first-order valence-electron chi connectivity index (χ1n) is 6.79. The summed E-state index contributed by atoms with van der Waals surface area (Å²) in [5.41, 5.74) is 0.283. The standard InChI is InChI=1S/C14H22ClN3O/c1-4-6-10(3)17-14(19)13-11(15)7-8-12(18-13)16-9-5-2/h7-8,10H,4-6,9H2,1-3H3,(H,16,18)(H,17,19). The molecular formula is C14H22ClN3O. The molecule has 4 nitrogen and oxygen atoms in total. The average molecular weight is 284 g/mol. The Kier molecular flexibility index (Phi) is 6.64. The Balaban J connectivity index is 2.77. The second kappa shape index (κ2) is 8.00. The lowest BCUT2D eigenvalue weighted by Crippen LogP contribution is -2.33. The van der Waals surface area contributed by atoms with Gasteiger partial charge in [0.25, 0.3) is 5.91 Å². The number of carbonyl (C=O) groups is 1. The van der Waals surface area contributed by atoms with Gasteiger partial charge in [0, 0.05) is 12.6 Å². The Labute approximate surface area is 120 Å². The summed E-state index contributed by atoms with van der Waals surface area (Å²) < 4.78 is 0. The second-order valence-corrected chi connectivity index (χ2v) is 5.02. The van der Waals surface area contributed by atoms with Gasteiger partial charge in [-0.15, -0.1) is 0 Å². The van der Waals surface area contributed by atoms with E-state index in [0.29, 0.717) is 10.8 Å². The van der Waals surface area contributed by atoms with Crippen molar-refractivity contribution < 1.29 is 4.79 Å². The summed E-state index contributed by atoms with van der Waals surface area (Å²) >= 11 is 6.03. The Hall–Kier alpha value is -1.29. The van der Waals surface area contributed by atoms with E-state index in [1.54, 1.807) is 12.1 Å². The topological polar surface area (TPSA) is 54.0 Å². The van der Waals surface area contributed by atoms with Crippen LogP contribution in [0.1, 0.15) is 50.5 Å². The third-order valence-electron chi connectivity index (χ3n) is 2.72. The van der Waals surface area contributed by atoms with Gasteiger partial charge in [-0.3, -0.25) is 4.79 Å². The second-order valence-electron chi connectivity index (χ2n) is 4.62. The van der Waals surface area contributed by atoms with Gasteiger partial charge in [-0.25, -0.2) is 4.98 Å². The highest BCUT2D eigenvalue weighted by molar-refractivity contribution is 6.33. The van der Waals surface area contributed by atoms with Crippen LogP contribution in [-0.2, 0) is 0 Å². The van der Waals surface area contributed by atoms with E-state index in [-0.39, 0.29) is 17.6 Å². The first-order valence-corrected chi connectivity index (χ1v) is 7.17. The van der Waals surface area contributed by atoms with Crippen molar-refractivity contribution >= 4 is 23.3 Å². The SMILES string of the molecule is CCCNc1ccc(Cl)c(C(=O)NC(C)CCC)n1. The fraction of sp³-hybridized carbons (Fsp3) is 0.571. The number of hydrogen-bond acceptors (Lipinski definition) is 3. The minimum atomic E-state index is -0.217. The van der Waals surface area contributed by atoms with Gasteiger partial charge in [-0.2, -0.15) is 0 Å².